The normalized spacial score (nSPS) is 11.4. The first-order chi connectivity index (χ1) is 9.63. The zero-order valence-electron chi connectivity index (χ0n) is 12.4. The lowest BCUT2D eigenvalue weighted by molar-refractivity contribution is 0.796. The second kappa shape index (κ2) is 4.80. The Bertz CT molecular complexity index is 764. The third-order valence-corrected chi connectivity index (χ3v) is 3.89. The molecule has 4 nitrogen and oxygen atoms in total. The Morgan fingerprint density at radius 2 is 1.95 bits per heavy atom. The molecule has 0 saturated heterocycles. The molecule has 0 fully saturated rings. The molecule has 0 amide bonds. The summed E-state index contributed by atoms with van der Waals surface area (Å²) in [6.07, 6.45) is 2.19. The molecule has 0 spiro atoms. The molecule has 1 aromatic carbocycles. The Labute approximate surface area is 119 Å². The van der Waals surface area contributed by atoms with Crippen LogP contribution >= 0.6 is 0 Å². The van der Waals surface area contributed by atoms with Crippen LogP contribution in [0, 0.1) is 6.92 Å². The Morgan fingerprint density at radius 3 is 2.70 bits per heavy atom. The Hall–Kier alpha value is -2.07. The van der Waals surface area contributed by atoms with E-state index in [1.807, 2.05) is 14.0 Å². The van der Waals surface area contributed by atoms with E-state index in [-0.39, 0.29) is 0 Å². The number of aromatic nitrogens is 3. The van der Waals surface area contributed by atoms with Crippen molar-refractivity contribution in [2.24, 2.45) is 14.1 Å². The third kappa shape index (κ3) is 1.84. The minimum atomic E-state index is 0.778. The molecule has 0 bridgehead atoms. The van der Waals surface area contributed by atoms with Gasteiger partial charge in [-0.15, -0.1) is 0 Å². The summed E-state index contributed by atoms with van der Waals surface area (Å²) < 4.78 is 4.35. The number of fused-ring (bicyclic) bond motifs is 1. The van der Waals surface area contributed by atoms with Crippen molar-refractivity contribution in [2.75, 3.05) is 7.05 Å². The van der Waals surface area contributed by atoms with E-state index in [0.717, 1.165) is 18.1 Å². The van der Waals surface area contributed by atoms with Crippen molar-refractivity contribution in [3.05, 3.63) is 42.0 Å². The molecule has 20 heavy (non-hydrogen) atoms. The average Bonchev–Trinajstić information content (AvgIpc) is 2.90. The predicted molar refractivity (Wildman–Crippen MR) is 82.6 cm³/mol. The maximum absolute atomic E-state index is 4.68. The molecular weight excluding hydrogens is 248 g/mol. The number of aryl methyl sites for hydroxylation is 2. The highest BCUT2D eigenvalue weighted by Gasteiger charge is 2.17. The van der Waals surface area contributed by atoms with Gasteiger partial charge in [-0.2, -0.15) is 0 Å². The topological polar surface area (TPSA) is 34.8 Å². The molecule has 1 N–H and O–H groups in total. The fourth-order valence-corrected chi connectivity index (χ4v) is 2.84. The SMILES string of the molecule is CNCc1nc(C)n(C)c1-c1cn(C)c2ccccc12. The zero-order chi connectivity index (χ0) is 14.3. The Balaban J connectivity index is 2.31. The molecule has 4 heteroatoms. The van der Waals surface area contributed by atoms with Crippen LogP contribution in [-0.4, -0.2) is 21.2 Å². The van der Waals surface area contributed by atoms with Gasteiger partial charge in [-0.1, -0.05) is 18.2 Å². The van der Waals surface area contributed by atoms with Gasteiger partial charge in [0.05, 0.1) is 11.4 Å². The maximum Gasteiger partial charge on any atom is 0.106 e. The summed E-state index contributed by atoms with van der Waals surface area (Å²) in [7, 11) is 6.13. The third-order valence-electron chi connectivity index (χ3n) is 3.89. The molecule has 2 aromatic heterocycles. The standard InChI is InChI=1S/C16H20N4/c1-11-18-14(9-17-2)16(20(11)4)13-10-19(3)15-8-6-5-7-12(13)15/h5-8,10,17H,9H2,1-4H3. The average molecular weight is 268 g/mol. The lowest BCUT2D eigenvalue weighted by Gasteiger charge is -2.05. The maximum atomic E-state index is 4.68. The number of para-hydroxylation sites is 1. The van der Waals surface area contributed by atoms with E-state index in [0.29, 0.717) is 0 Å². The van der Waals surface area contributed by atoms with E-state index >= 15 is 0 Å². The molecule has 104 valence electrons. The number of hydrogen-bond acceptors (Lipinski definition) is 2. The smallest absolute Gasteiger partial charge is 0.106 e. The minimum Gasteiger partial charge on any atom is -0.350 e. The number of imidazole rings is 1. The Kier molecular flexibility index (Phi) is 3.10. The number of nitrogens with zero attached hydrogens (tertiary/aromatic N) is 3. The van der Waals surface area contributed by atoms with Gasteiger partial charge < -0.3 is 14.5 Å². The second-order valence-corrected chi connectivity index (χ2v) is 5.21. The van der Waals surface area contributed by atoms with Gasteiger partial charge in [0, 0.05) is 43.3 Å². The molecule has 0 aliphatic carbocycles. The second-order valence-electron chi connectivity index (χ2n) is 5.21. The lowest BCUT2D eigenvalue weighted by atomic mass is 10.1. The first kappa shape index (κ1) is 12.9. The molecular formula is C16H20N4. The van der Waals surface area contributed by atoms with E-state index in [2.05, 4.69) is 64.0 Å². The molecule has 0 unspecified atom stereocenters. The molecule has 2 heterocycles. The van der Waals surface area contributed by atoms with Crippen LogP contribution in [0.15, 0.2) is 30.5 Å². The predicted octanol–water partition coefficient (Wildman–Crippen LogP) is 2.61. The fraction of sp³-hybridized carbons (Fsp3) is 0.312. The van der Waals surface area contributed by atoms with Crippen LogP contribution in [0.2, 0.25) is 0 Å². The highest BCUT2D eigenvalue weighted by molar-refractivity contribution is 5.95. The summed E-state index contributed by atoms with van der Waals surface area (Å²) in [6.45, 7) is 2.83. The van der Waals surface area contributed by atoms with Crippen LogP contribution in [0.5, 0.6) is 0 Å². The van der Waals surface area contributed by atoms with E-state index < -0.39 is 0 Å². The van der Waals surface area contributed by atoms with Gasteiger partial charge in [-0.3, -0.25) is 0 Å². The van der Waals surface area contributed by atoms with E-state index in [4.69, 9.17) is 0 Å². The van der Waals surface area contributed by atoms with Crippen LogP contribution in [0.1, 0.15) is 11.5 Å². The molecule has 0 radical (unpaired) electrons. The van der Waals surface area contributed by atoms with Gasteiger partial charge in [0.25, 0.3) is 0 Å². The molecule has 3 aromatic rings. The molecule has 0 atom stereocenters. The number of hydrogen-bond donors (Lipinski definition) is 1. The summed E-state index contributed by atoms with van der Waals surface area (Å²) in [4.78, 5) is 4.68. The van der Waals surface area contributed by atoms with Crippen LogP contribution in [-0.2, 0) is 20.6 Å². The van der Waals surface area contributed by atoms with Crippen molar-refractivity contribution in [3.63, 3.8) is 0 Å². The molecule has 0 saturated carbocycles. The first-order valence-electron chi connectivity index (χ1n) is 6.84. The van der Waals surface area contributed by atoms with Crippen molar-refractivity contribution in [2.45, 2.75) is 13.5 Å². The summed E-state index contributed by atoms with van der Waals surface area (Å²) in [6, 6.07) is 8.50. The van der Waals surface area contributed by atoms with Crippen molar-refractivity contribution in [1.82, 2.24) is 19.4 Å². The van der Waals surface area contributed by atoms with Gasteiger partial charge in [0.1, 0.15) is 5.82 Å². The van der Waals surface area contributed by atoms with Crippen LogP contribution < -0.4 is 5.32 Å². The van der Waals surface area contributed by atoms with Crippen molar-refractivity contribution in [1.29, 1.82) is 0 Å². The monoisotopic (exact) mass is 268 g/mol. The summed E-state index contributed by atoms with van der Waals surface area (Å²) in [5, 5.41) is 4.48. The van der Waals surface area contributed by atoms with E-state index in [1.165, 1.54) is 22.2 Å². The largest absolute Gasteiger partial charge is 0.350 e. The molecule has 0 aliphatic heterocycles. The Morgan fingerprint density at radius 1 is 1.20 bits per heavy atom. The quantitative estimate of drug-likeness (QED) is 0.792. The zero-order valence-corrected chi connectivity index (χ0v) is 12.4. The number of rotatable bonds is 3. The van der Waals surface area contributed by atoms with Crippen LogP contribution in [0.25, 0.3) is 22.2 Å². The van der Waals surface area contributed by atoms with Gasteiger partial charge in [0.15, 0.2) is 0 Å². The van der Waals surface area contributed by atoms with Crippen LogP contribution in [0.4, 0.5) is 0 Å². The summed E-state index contributed by atoms with van der Waals surface area (Å²) in [5.41, 5.74) is 4.80. The minimum absolute atomic E-state index is 0.778. The van der Waals surface area contributed by atoms with Crippen molar-refractivity contribution < 1.29 is 0 Å². The number of benzene rings is 1. The molecule has 3 rings (SSSR count). The summed E-state index contributed by atoms with van der Waals surface area (Å²) in [5.74, 6) is 1.04. The first-order valence-corrected chi connectivity index (χ1v) is 6.84. The van der Waals surface area contributed by atoms with Gasteiger partial charge >= 0.3 is 0 Å². The van der Waals surface area contributed by atoms with E-state index in [9.17, 15) is 0 Å². The van der Waals surface area contributed by atoms with E-state index in [1.54, 1.807) is 0 Å². The van der Waals surface area contributed by atoms with Gasteiger partial charge in [-0.05, 0) is 20.0 Å². The number of nitrogens with one attached hydrogen (secondary N) is 1. The fourth-order valence-electron chi connectivity index (χ4n) is 2.84. The van der Waals surface area contributed by atoms with Gasteiger partial charge in [0.2, 0.25) is 0 Å². The highest BCUT2D eigenvalue weighted by Crippen LogP contribution is 2.32. The van der Waals surface area contributed by atoms with Crippen molar-refractivity contribution >= 4 is 10.9 Å². The molecule has 0 aliphatic rings. The van der Waals surface area contributed by atoms with Crippen LogP contribution in [0.3, 0.4) is 0 Å². The van der Waals surface area contributed by atoms with Gasteiger partial charge in [-0.25, -0.2) is 4.98 Å². The lowest BCUT2D eigenvalue weighted by Crippen LogP contribution is -2.07. The summed E-state index contributed by atoms with van der Waals surface area (Å²) >= 11 is 0. The van der Waals surface area contributed by atoms with Crippen molar-refractivity contribution in [3.8, 4) is 11.3 Å². The highest BCUT2D eigenvalue weighted by atomic mass is 15.1.